The van der Waals surface area contributed by atoms with E-state index in [0.29, 0.717) is 23.6 Å². The normalized spacial score (nSPS) is 18.1. The maximum atomic E-state index is 13.0. The van der Waals surface area contributed by atoms with Crippen LogP contribution in [0.5, 0.6) is 5.75 Å². The summed E-state index contributed by atoms with van der Waals surface area (Å²) < 4.78 is 5.16. The largest absolute Gasteiger partial charge is 0.507 e. The molecule has 7 nitrogen and oxygen atoms in total. The van der Waals surface area contributed by atoms with Gasteiger partial charge in [0.15, 0.2) is 0 Å². The van der Waals surface area contributed by atoms with Crippen LogP contribution in [0.4, 0.5) is 0 Å². The topological polar surface area (TPSA) is 84.2 Å². The zero-order valence-corrected chi connectivity index (χ0v) is 18.3. The second kappa shape index (κ2) is 10.2. The Morgan fingerprint density at radius 2 is 1.84 bits per heavy atom. The van der Waals surface area contributed by atoms with Crippen LogP contribution in [0.1, 0.15) is 37.6 Å². The number of nitrogens with one attached hydrogen (secondary N) is 1. The number of ether oxygens (including phenoxy) is 1. The van der Waals surface area contributed by atoms with Crippen molar-refractivity contribution in [1.82, 2.24) is 9.88 Å². The lowest BCUT2D eigenvalue weighted by atomic mass is 9.98. The molecule has 1 amide bonds. The number of aliphatic hydroxyl groups excluding tert-OH is 1. The van der Waals surface area contributed by atoms with Crippen molar-refractivity contribution < 1.29 is 24.3 Å². The fourth-order valence-electron chi connectivity index (χ4n) is 3.96. The second-order valence-electron chi connectivity index (χ2n) is 7.54. The number of aromatic nitrogens is 1. The summed E-state index contributed by atoms with van der Waals surface area (Å²) in [7, 11) is 1.56. The lowest BCUT2D eigenvalue weighted by Crippen LogP contribution is -3.11. The maximum Gasteiger partial charge on any atom is 0.295 e. The van der Waals surface area contributed by atoms with E-state index in [2.05, 4.69) is 18.8 Å². The molecule has 1 atom stereocenters. The van der Waals surface area contributed by atoms with E-state index in [4.69, 9.17) is 4.74 Å². The molecular formula is C24H30N3O4+. The van der Waals surface area contributed by atoms with Gasteiger partial charge >= 0.3 is 0 Å². The predicted molar refractivity (Wildman–Crippen MR) is 118 cm³/mol. The van der Waals surface area contributed by atoms with Crippen LogP contribution < -0.4 is 9.64 Å². The van der Waals surface area contributed by atoms with Crippen molar-refractivity contribution in [3.63, 3.8) is 0 Å². The highest BCUT2D eigenvalue weighted by molar-refractivity contribution is 6.46. The number of methoxy groups -OCH3 is 1. The minimum atomic E-state index is -0.713. The van der Waals surface area contributed by atoms with Crippen LogP contribution in [0, 0.1) is 0 Å². The minimum absolute atomic E-state index is 0.0732. The molecule has 3 rings (SSSR count). The number of pyridine rings is 1. The van der Waals surface area contributed by atoms with Gasteiger partial charge in [0.05, 0.1) is 38.0 Å². The van der Waals surface area contributed by atoms with Crippen LogP contribution in [-0.4, -0.2) is 60.0 Å². The molecule has 1 fully saturated rings. The molecule has 0 unspecified atom stereocenters. The third-order valence-electron chi connectivity index (χ3n) is 5.80. The first kappa shape index (κ1) is 22.5. The molecule has 2 N–H and O–H groups in total. The maximum absolute atomic E-state index is 13.0. The number of hydrogen-bond acceptors (Lipinski definition) is 5. The van der Waals surface area contributed by atoms with Crippen LogP contribution in [-0.2, 0) is 9.59 Å². The second-order valence-corrected chi connectivity index (χ2v) is 7.54. The van der Waals surface area contributed by atoms with E-state index in [-0.39, 0.29) is 11.3 Å². The Morgan fingerprint density at radius 3 is 2.42 bits per heavy atom. The van der Waals surface area contributed by atoms with E-state index in [0.717, 1.165) is 26.1 Å². The average Bonchev–Trinajstić information content (AvgIpc) is 3.07. The van der Waals surface area contributed by atoms with Crippen molar-refractivity contribution >= 4 is 17.4 Å². The number of benzene rings is 1. The van der Waals surface area contributed by atoms with Gasteiger partial charge in [-0.2, -0.15) is 0 Å². The Morgan fingerprint density at radius 1 is 1.13 bits per heavy atom. The van der Waals surface area contributed by atoms with Gasteiger partial charge in [-0.3, -0.25) is 14.6 Å². The van der Waals surface area contributed by atoms with Crippen molar-refractivity contribution in [3.05, 3.63) is 65.5 Å². The first-order valence-electron chi connectivity index (χ1n) is 10.7. The van der Waals surface area contributed by atoms with Crippen molar-refractivity contribution in [2.24, 2.45) is 0 Å². The number of hydrogen-bond donors (Lipinski definition) is 2. The molecule has 1 aromatic heterocycles. The number of quaternary nitrogens is 1. The van der Waals surface area contributed by atoms with E-state index in [1.165, 1.54) is 4.90 Å². The van der Waals surface area contributed by atoms with Gasteiger partial charge in [0.1, 0.15) is 17.6 Å². The number of carbonyl (C=O) groups is 2. The highest BCUT2D eigenvalue weighted by Gasteiger charge is 2.46. The van der Waals surface area contributed by atoms with Gasteiger partial charge in [0, 0.05) is 24.7 Å². The summed E-state index contributed by atoms with van der Waals surface area (Å²) >= 11 is 0. The van der Waals surface area contributed by atoms with E-state index in [9.17, 15) is 14.7 Å². The molecule has 31 heavy (non-hydrogen) atoms. The zero-order chi connectivity index (χ0) is 22.4. The highest BCUT2D eigenvalue weighted by atomic mass is 16.5. The Bertz CT molecular complexity index is 937. The van der Waals surface area contributed by atoms with Crippen LogP contribution in [0.2, 0.25) is 0 Å². The zero-order valence-electron chi connectivity index (χ0n) is 18.3. The first-order valence-corrected chi connectivity index (χ1v) is 10.7. The molecule has 2 aromatic rings. The molecule has 0 bridgehead atoms. The van der Waals surface area contributed by atoms with Gasteiger partial charge in [-0.15, -0.1) is 0 Å². The SMILES string of the molecule is CC[NH+](CC)CCCN1C(=O)C(=O)C(=C(O)c2ccc(OC)cc2)[C@@H]1c1ccccn1. The first-order chi connectivity index (χ1) is 15.0. The monoisotopic (exact) mass is 424 g/mol. The number of ketones is 1. The number of Topliss-reactive ketones (excluding diaryl/α,β-unsaturated/α-hetero) is 1. The minimum Gasteiger partial charge on any atom is -0.507 e. The smallest absolute Gasteiger partial charge is 0.295 e. The molecule has 1 saturated heterocycles. The van der Waals surface area contributed by atoms with Crippen molar-refractivity contribution in [2.45, 2.75) is 26.3 Å². The Labute approximate surface area is 183 Å². The van der Waals surface area contributed by atoms with Crippen LogP contribution >= 0.6 is 0 Å². The van der Waals surface area contributed by atoms with Crippen LogP contribution in [0.3, 0.4) is 0 Å². The number of carbonyl (C=O) groups excluding carboxylic acids is 2. The molecule has 0 spiro atoms. The standard InChI is InChI=1S/C24H29N3O4/c1-4-26(5-2)15-8-16-27-21(19-9-6-7-14-25-19)20(23(29)24(27)30)22(28)17-10-12-18(31-3)13-11-17/h6-7,9-14,21,28H,4-5,8,15-16H2,1-3H3/p+1/t21-/m0/s1. The van der Waals surface area contributed by atoms with E-state index >= 15 is 0 Å². The quantitative estimate of drug-likeness (QED) is 0.365. The van der Waals surface area contributed by atoms with Gasteiger partial charge in [0.25, 0.3) is 11.7 Å². The van der Waals surface area contributed by atoms with Gasteiger partial charge in [0.2, 0.25) is 0 Å². The number of likely N-dealkylation sites (tertiary alicyclic amines) is 1. The fraction of sp³-hybridized carbons (Fsp3) is 0.375. The molecule has 7 heteroatoms. The molecular weight excluding hydrogens is 394 g/mol. The lowest BCUT2D eigenvalue weighted by molar-refractivity contribution is -0.896. The van der Waals surface area contributed by atoms with Crippen LogP contribution in [0.15, 0.2) is 54.2 Å². The number of amides is 1. The third-order valence-corrected chi connectivity index (χ3v) is 5.80. The fourth-order valence-corrected chi connectivity index (χ4v) is 3.96. The van der Waals surface area contributed by atoms with Crippen molar-refractivity contribution in [2.75, 3.05) is 33.3 Å². The Hall–Kier alpha value is -3.19. The molecule has 0 saturated carbocycles. The van der Waals surface area contributed by atoms with Gasteiger partial charge in [-0.1, -0.05) is 6.07 Å². The predicted octanol–water partition coefficient (Wildman–Crippen LogP) is 1.83. The molecule has 2 heterocycles. The molecule has 0 aliphatic carbocycles. The van der Waals surface area contributed by atoms with Gasteiger partial charge in [-0.25, -0.2) is 0 Å². The van der Waals surface area contributed by atoms with E-state index < -0.39 is 17.7 Å². The highest BCUT2D eigenvalue weighted by Crippen LogP contribution is 2.38. The van der Waals surface area contributed by atoms with E-state index in [1.807, 2.05) is 6.07 Å². The summed E-state index contributed by atoms with van der Waals surface area (Å²) in [6.45, 7) is 7.62. The average molecular weight is 425 g/mol. The summed E-state index contributed by atoms with van der Waals surface area (Å²) in [5.74, 6) is -0.842. The summed E-state index contributed by atoms with van der Waals surface area (Å²) in [5.41, 5.74) is 1.09. The third kappa shape index (κ3) is 4.77. The Kier molecular flexibility index (Phi) is 7.41. The van der Waals surface area contributed by atoms with Gasteiger partial charge in [-0.05, 0) is 50.2 Å². The van der Waals surface area contributed by atoms with Crippen molar-refractivity contribution in [1.29, 1.82) is 0 Å². The molecule has 0 radical (unpaired) electrons. The Balaban J connectivity index is 1.98. The summed E-state index contributed by atoms with van der Waals surface area (Å²) in [6.07, 6.45) is 2.39. The number of nitrogens with zero attached hydrogens (tertiary/aromatic N) is 2. The summed E-state index contributed by atoms with van der Waals surface area (Å²) in [6, 6.07) is 11.4. The number of aliphatic hydroxyl groups is 1. The summed E-state index contributed by atoms with van der Waals surface area (Å²) in [4.78, 5) is 33.3. The molecule has 1 aromatic carbocycles. The number of rotatable bonds is 9. The molecule has 1 aliphatic rings. The lowest BCUT2D eigenvalue weighted by Gasteiger charge is -2.25. The molecule has 1 aliphatic heterocycles. The van der Waals surface area contributed by atoms with Crippen molar-refractivity contribution in [3.8, 4) is 5.75 Å². The van der Waals surface area contributed by atoms with E-state index in [1.54, 1.807) is 54.6 Å². The summed E-state index contributed by atoms with van der Waals surface area (Å²) in [5, 5.41) is 11.0. The molecule has 164 valence electrons. The van der Waals surface area contributed by atoms with Gasteiger partial charge < -0.3 is 19.6 Å². The van der Waals surface area contributed by atoms with Crippen LogP contribution in [0.25, 0.3) is 5.76 Å².